The molecule has 1 heterocycles. The minimum Gasteiger partial charge on any atom is -0.478 e. The van der Waals surface area contributed by atoms with Crippen LogP contribution in [-0.2, 0) is 4.74 Å². The average molecular weight is 128 g/mol. The van der Waals surface area contributed by atoms with Crippen molar-refractivity contribution in [2.24, 2.45) is 10.7 Å². The zero-order chi connectivity index (χ0) is 6.53. The molecule has 1 unspecified atom stereocenters. The van der Waals surface area contributed by atoms with Gasteiger partial charge in [0.15, 0.2) is 6.40 Å². The second kappa shape index (κ2) is 3.45. The minimum atomic E-state index is 0.313. The van der Waals surface area contributed by atoms with Crippen molar-refractivity contribution >= 4 is 6.40 Å². The Morgan fingerprint density at radius 1 is 1.78 bits per heavy atom. The Bertz CT molecular complexity index is 95.2. The molecule has 0 fully saturated rings. The summed E-state index contributed by atoms with van der Waals surface area (Å²) in [7, 11) is 0. The van der Waals surface area contributed by atoms with E-state index in [-0.39, 0.29) is 0 Å². The van der Waals surface area contributed by atoms with E-state index in [2.05, 4.69) is 4.99 Å². The monoisotopic (exact) mass is 128 g/mol. The molecule has 9 heavy (non-hydrogen) atoms. The highest BCUT2D eigenvalue weighted by Crippen LogP contribution is 2.04. The number of hydrogen-bond acceptors (Lipinski definition) is 3. The Labute approximate surface area is 54.9 Å². The first-order chi connectivity index (χ1) is 4.43. The maximum atomic E-state index is 5.31. The molecule has 0 saturated heterocycles. The molecule has 0 aliphatic carbocycles. The lowest BCUT2D eigenvalue weighted by Gasteiger charge is -2.05. The molecule has 0 amide bonds. The van der Waals surface area contributed by atoms with Gasteiger partial charge in [-0.15, -0.1) is 0 Å². The summed E-state index contributed by atoms with van der Waals surface area (Å²) in [4.78, 5) is 3.93. The summed E-state index contributed by atoms with van der Waals surface area (Å²) >= 11 is 0. The van der Waals surface area contributed by atoms with Gasteiger partial charge in [-0.25, -0.2) is 0 Å². The van der Waals surface area contributed by atoms with Crippen LogP contribution in [0.1, 0.15) is 12.8 Å². The van der Waals surface area contributed by atoms with Crippen LogP contribution in [0.2, 0.25) is 0 Å². The number of rotatable bonds is 3. The first-order valence-corrected chi connectivity index (χ1v) is 3.27. The van der Waals surface area contributed by atoms with Gasteiger partial charge in [0.25, 0.3) is 0 Å². The highest BCUT2D eigenvalue weighted by atomic mass is 16.5. The number of nitrogens with zero attached hydrogens (tertiary/aromatic N) is 1. The predicted octanol–water partition coefficient (Wildman–Crippen LogP) is 0.152. The second-order valence-electron chi connectivity index (χ2n) is 2.16. The van der Waals surface area contributed by atoms with Crippen molar-refractivity contribution in [2.75, 3.05) is 13.1 Å². The fourth-order valence-corrected chi connectivity index (χ4v) is 0.838. The molecule has 0 radical (unpaired) electrons. The van der Waals surface area contributed by atoms with Crippen molar-refractivity contribution in [1.82, 2.24) is 0 Å². The fraction of sp³-hybridized carbons (Fsp3) is 0.833. The number of aliphatic imine (C=N–C) groups is 1. The molecule has 1 atom stereocenters. The van der Waals surface area contributed by atoms with Crippen LogP contribution in [0.3, 0.4) is 0 Å². The van der Waals surface area contributed by atoms with Gasteiger partial charge in [-0.2, -0.15) is 0 Å². The van der Waals surface area contributed by atoms with Crippen LogP contribution in [0.4, 0.5) is 0 Å². The smallest absolute Gasteiger partial charge is 0.170 e. The van der Waals surface area contributed by atoms with Gasteiger partial charge in [0.1, 0.15) is 6.10 Å². The third-order valence-electron chi connectivity index (χ3n) is 1.37. The molecule has 0 aromatic carbocycles. The van der Waals surface area contributed by atoms with Gasteiger partial charge in [0, 0.05) is 0 Å². The van der Waals surface area contributed by atoms with Gasteiger partial charge in [-0.05, 0) is 19.4 Å². The molecular weight excluding hydrogens is 116 g/mol. The second-order valence-corrected chi connectivity index (χ2v) is 2.16. The standard InChI is InChI=1S/C6H12N2O/c7-3-1-2-6-4-8-5-9-6/h5-6H,1-4,7H2. The molecule has 2 N–H and O–H groups in total. The fourth-order valence-electron chi connectivity index (χ4n) is 0.838. The van der Waals surface area contributed by atoms with Crippen LogP contribution >= 0.6 is 0 Å². The van der Waals surface area contributed by atoms with Gasteiger partial charge in [-0.1, -0.05) is 0 Å². The average Bonchev–Trinajstić information content (AvgIpc) is 2.34. The van der Waals surface area contributed by atoms with Crippen molar-refractivity contribution in [1.29, 1.82) is 0 Å². The summed E-state index contributed by atoms with van der Waals surface area (Å²) in [5.74, 6) is 0. The Morgan fingerprint density at radius 2 is 2.67 bits per heavy atom. The third kappa shape index (κ3) is 2.01. The van der Waals surface area contributed by atoms with Gasteiger partial charge < -0.3 is 10.5 Å². The molecule has 0 aromatic heterocycles. The van der Waals surface area contributed by atoms with E-state index in [1.165, 1.54) is 6.40 Å². The lowest BCUT2D eigenvalue weighted by molar-refractivity contribution is 0.220. The van der Waals surface area contributed by atoms with E-state index in [0.29, 0.717) is 6.10 Å². The highest BCUT2D eigenvalue weighted by molar-refractivity contribution is 5.48. The van der Waals surface area contributed by atoms with Crippen LogP contribution in [0.15, 0.2) is 4.99 Å². The number of hydrogen-bond donors (Lipinski definition) is 1. The molecule has 3 heteroatoms. The maximum absolute atomic E-state index is 5.31. The van der Waals surface area contributed by atoms with Crippen LogP contribution in [0.25, 0.3) is 0 Å². The molecule has 52 valence electrons. The van der Waals surface area contributed by atoms with Crippen LogP contribution in [-0.4, -0.2) is 25.6 Å². The van der Waals surface area contributed by atoms with Crippen LogP contribution < -0.4 is 5.73 Å². The molecule has 0 spiro atoms. The number of nitrogens with two attached hydrogens (primary N) is 1. The van der Waals surface area contributed by atoms with Crippen molar-refractivity contribution in [3.63, 3.8) is 0 Å². The summed E-state index contributed by atoms with van der Waals surface area (Å²) < 4.78 is 5.11. The lowest BCUT2D eigenvalue weighted by atomic mass is 10.2. The van der Waals surface area contributed by atoms with Crippen molar-refractivity contribution in [3.05, 3.63) is 0 Å². The SMILES string of the molecule is NCCCC1CN=CO1. The highest BCUT2D eigenvalue weighted by Gasteiger charge is 2.10. The van der Waals surface area contributed by atoms with Crippen LogP contribution in [0.5, 0.6) is 0 Å². The maximum Gasteiger partial charge on any atom is 0.170 e. The Hall–Kier alpha value is -0.570. The Kier molecular flexibility index (Phi) is 2.51. The van der Waals surface area contributed by atoms with Gasteiger partial charge in [-0.3, -0.25) is 4.99 Å². The first-order valence-electron chi connectivity index (χ1n) is 3.27. The molecule has 1 aliphatic rings. The lowest BCUT2D eigenvalue weighted by Crippen LogP contribution is -2.12. The number of ether oxygens (including phenoxy) is 1. The van der Waals surface area contributed by atoms with Crippen molar-refractivity contribution in [3.8, 4) is 0 Å². The molecule has 3 nitrogen and oxygen atoms in total. The molecule has 0 bridgehead atoms. The third-order valence-corrected chi connectivity index (χ3v) is 1.37. The van der Waals surface area contributed by atoms with E-state index < -0.39 is 0 Å². The summed E-state index contributed by atoms with van der Waals surface area (Å²) in [6.45, 7) is 1.57. The van der Waals surface area contributed by atoms with E-state index in [1.807, 2.05) is 0 Å². The van der Waals surface area contributed by atoms with E-state index in [4.69, 9.17) is 10.5 Å². The zero-order valence-electron chi connectivity index (χ0n) is 5.42. The van der Waals surface area contributed by atoms with E-state index in [9.17, 15) is 0 Å². The normalized spacial score (nSPS) is 24.3. The molecule has 0 saturated carbocycles. The summed E-state index contributed by atoms with van der Waals surface area (Å²) in [6.07, 6.45) is 3.92. The Balaban J connectivity index is 2.01. The summed E-state index contributed by atoms with van der Waals surface area (Å²) in [6, 6.07) is 0. The van der Waals surface area contributed by atoms with E-state index in [1.54, 1.807) is 0 Å². The molecule has 1 aliphatic heterocycles. The Morgan fingerprint density at radius 3 is 3.22 bits per heavy atom. The topological polar surface area (TPSA) is 47.6 Å². The van der Waals surface area contributed by atoms with Crippen molar-refractivity contribution in [2.45, 2.75) is 18.9 Å². The summed E-state index contributed by atoms with van der Waals surface area (Å²) in [5, 5.41) is 0. The largest absolute Gasteiger partial charge is 0.478 e. The van der Waals surface area contributed by atoms with Gasteiger partial charge in [0.2, 0.25) is 0 Å². The van der Waals surface area contributed by atoms with Crippen LogP contribution in [0, 0.1) is 0 Å². The van der Waals surface area contributed by atoms with E-state index >= 15 is 0 Å². The molecule has 1 rings (SSSR count). The van der Waals surface area contributed by atoms with Gasteiger partial charge >= 0.3 is 0 Å². The summed E-state index contributed by atoms with van der Waals surface area (Å²) in [5.41, 5.74) is 5.31. The molecular formula is C6H12N2O. The quantitative estimate of drug-likeness (QED) is 0.588. The van der Waals surface area contributed by atoms with Crippen molar-refractivity contribution < 1.29 is 4.74 Å². The molecule has 0 aromatic rings. The first kappa shape index (κ1) is 6.55. The minimum absolute atomic E-state index is 0.313. The zero-order valence-corrected chi connectivity index (χ0v) is 5.42. The van der Waals surface area contributed by atoms with E-state index in [0.717, 1.165) is 25.9 Å². The van der Waals surface area contributed by atoms with Gasteiger partial charge in [0.05, 0.1) is 6.54 Å². The predicted molar refractivity (Wildman–Crippen MR) is 36.5 cm³/mol.